The maximum absolute atomic E-state index is 10.9. The number of benzene rings is 3. The van der Waals surface area contributed by atoms with Crippen molar-refractivity contribution in [3.63, 3.8) is 0 Å². The van der Waals surface area contributed by atoms with Gasteiger partial charge in [-0.15, -0.1) is 0 Å². The molecule has 4 nitrogen and oxygen atoms in total. The van der Waals surface area contributed by atoms with Gasteiger partial charge in [0.05, 0.1) is 28.2 Å². The van der Waals surface area contributed by atoms with Crippen molar-refractivity contribution in [2.75, 3.05) is 0 Å². The molecular formula is C26H20BF4NO3. The van der Waals surface area contributed by atoms with Gasteiger partial charge in [0.2, 0.25) is 0 Å². The quantitative estimate of drug-likeness (QED) is 0.0943. The van der Waals surface area contributed by atoms with Crippen LogP contribution in [0.5, 0.6) is 0 Å². The summed E-state index contributed by atoms with van der Waals surface area (Å²) in [5, 5.41) is 10.9. The fourth-order valence-electron chi connectivity index (χ4n) is 3.25. The van der Waals surface area contributed by atoms with Crippen LogP contribution in [0.3, 0.4) is 0 Å². The number of halogens is 4. The molecule has 0 saturated heterocycles. The predicted octanol–water partition coefficient (Wildman–Crippen LogP) is 8.66. The van der Waals surface area contributed by atoms with E-state index in [9.17, 15) is 27.4 Å². The zero-order valence-electron chi connectivity index (χ0n) is 18.6. The third-order valence-electron chi connectivity index (χ3n) is 4.83. The highest BCUT2D eigenvalue weighted by Gasteiger charge is 2.21. The minimum Gasteiger partial charge on any atom is -0.418 e. The number of non-ortho nitro benzene ring substituents is 1. The number of allylic oxidation sites excluding steroid dienone is 1. The Balaban J connectivity index is 0.000000623. The molecule has 0 bridgehead atoms. The molecule has 0 radical (unpaired) electrons. The van der Waals surface area contributed by atoms with Crippen molar-refractivity contribution in [3.05, 3.63) is 118 Å². The standard InChI is InChI=1S/C26H20NO3.BF4/c1-19(16-20-12-14-24(15-13-20)27(28)29)25-17-23(21-8-4-2-5-9-21)18-26(30-25)22-10-6-3-7-11-22;2-1(3,4)5/h2-18H,1H3;/q+1;-1/b19-16+;. The van der Waals surface area contributed by atoms with E-state index in [4.69, 9.17) is 4.42 Å². The molecule has 4 aromatic rings. The number of nitrogens with zero attached hydrogens (tertiary/aromatic N) is 1. The van der Waals surface area contributed by atoms with E-state index in [0.29, 0.717) is 0 Å². The molecule has 0 amide bonds. The topological polar surface area (TPSA) is 54.4 Å². The summed E-state index contributed by atoms with van der Waals surface area (Å²) in [5.74, 6) is 1.52. The van der Waals surface area contributed by atoms with Crippen molar-refractivity contribution >= 4 is 24.6 Å². The fourth-order valence-corrected chi connectivity index (χ4v) is 3.25. The molecule has 35 heavy (non-hydrogen) atoms. The minimum absolute atomic E-state index is 0.0759. The number of hydrogen-bond donors (Lipinski definition) is 0. The molecule has 0 N–H and O–H groups in total. The van der Waals surface area contributed by atoms with Crippen LogP contribution in [0.25, 0.3) is 34.1 Å². The summed E-state index contributed by atoms with van der Waals surface area (Å²) in [6.45, 7) is 1.98. The van der Waals surface area contributed by atoms with Gasteiger partial charge in [-0.2, -0.15) is 0 Å². The highest BCUT2D eigenvalue weighted by molar-refractivity contribution is 6.50. The van der Waals surface area contributed by atoms with E-state index in [1.807, 2.05) is 73.7 Å². The van der Waals surface area contributed by atoms with Crippen LogP contribution in [0.4, 0.5) is 23.0 Å². The molecule has 0 spiro atoms. The van der Waals surface area contributed by atoms with Gasteiger partial charge in [0.25, 0.3) is 5.69 Å². The molecule has 3 aromatic carbocycles. The van der Waals surface area contributed by atoms with E-state index < -0.39 is 12.2 Å². The third-order valence-corrected chi connectivity index (χ3v) is 4.83. The van der Waals surface area contributed by atoms with Crippen molar-refractivity contribution in [1.82, 2.24) is 0 Å². The van der Waals surface area contributed by atoms with E-state index in [1.165, 1.54) is 12.1 Å². The van der Waals surface area contributed by atoms with Crippen LogP contribution in [-0.2, 0) is 0 Å². The summed E-state index contributed by atoms with van der Waals surface area (Å²) in [6, 6.07) is 30.7. The van der Waals surface area contributed by atoms with Gasteiger partial charge < -0.3 is 17.3 Å². The van der Waals surface area contributed by atoms with E-state index in [1.54, 1.807) is 12.1 Å². The summed E-state index contributed by atoms with van der Waals surface area (Å²) >= 11 is 0. The van der Waals surface area contributed by atoms with Gasteiger partial charge in [-0.25, -0.2) is 4.42 Å². The summed E-state index contributed by atoms with van der Waals surface area (Å²) in [5.41, 5.74) is 5.05. The van der Waals surface area contributed by atoms with Crippen molar-refractivity contribution in [1.29, 1.82) is 0 Å². The lowest BCUT2D eigenvalue weighted by molar-refractivity contribution is -0.384. The van der Waals surface area contributed by atoms with Crippen molar-refractivity contribution in [2.24, 2.45) is 0 Å². The lowest BCUT2D eigenvalue weighted by Crippen LogP contribution is -2.02. The number of rotatable bonds is 5. The second kappa shape index (κ2) is 11.2. The SMILES string of the molecule is C/C(=C\c1ccc([N+](=O)[O-])cc1)c1cc(-c2ccccc2)cc(-c2ccccc2)[o+]1.F[B-](F)(F)F. The van der Waals surface area contributed by atoms with Gasteiger partial charge in [0.1, 0.15) is 0 Å². The zero-order valence-corrected chi connectivity index (χ0v) is 18.6. The van der Waals surface area contributed by atoms with Gasteiger partial charge >= 0.3 is 18.8 Å². The molecule has 0 saturated carbocycles. The Morgan fingerprint density at radius 3 is 1.83 bits per heavy atom. The molecule has 9 heteroatoms. The Kier molecular flexibility index (Phi) is 8.14. The van der Waals surface area contributed by atoms with Gasteiger partial charge in [0.15, 0.2) is 0 Å². The first kappa shape index (κ1) is 25.4. The van der Waals surface area contributed by atoms with Gasteiger partial charge in [-0.05, 0) is 48.4 Å². The smallest absolute Gasteiger partial charge is 0.418 e. The average Bonchev–Trinajstić information content (AvgIpc) is 2.84. The molecule has 0 aliphatic heterocycles. The Morgan fingerprint density at radius 2 is 1.31 bits per heavy atom. The highest BCUT2D eigenvalue weighted by Crippen LogP contribution is 2.31. The van der Waals surface area contributed by atoms with Crippen LogP contribution >= 0.6 is 0 Å². The lowest BCUT2D eigenvalue weighted by Gasteiger charge is -2.02. The van der Waals surface area contributed by atoms with Gasteiger partial charge in [-0.3, -0.25) is 10.1 Å². The van der Waals surface area contributed by atoms with Crippen LogP contribution < -0.4 is 0 Å². The maximum Gasteiger partial charge on any atom is 0.673 e. The maximum atomic E-state index is 10.9. The van der Waals surface area contributed by atoms with Crippen molar-refractivity contribution in [2.45, 2.75) is 6.92 Å². The number of nitro groups is 1. The van der Waals surface area contributed by atoms with Crippen LogP contribution in [0, 0.1) is 10.1 Å². The van der Waals surface area contributed by atoms with Crippen LogP contribution in [0.15, 0.2) is 101 Å². The summed E-state index contributed by atoms with van der Waals surface area (Å²) < 4.78 is 45.2. The molecule has 0 fully saturated rings. The van der Waals surface area contributed by atoms with Crippen LogP contribution in [0.1, 0.15) is 18.2 Å². The largest absolute Gasteiger partial charge is 0.673 e. The predicted molar refractivity (Wildman–Crippen MR) is 131 cm³/mol. The Morgan fingerprint density at radius 1 is 0.800 bits per heavy atom. The molecule has 178 valence electrons. The van der Waals surface area contributed by atoms with E-state index in [2.05, 4.69) is 12.1 Å². The monoisotopic (exact) mass is 481 g/mol. The van der Waals surface area contributed by atoms with E-state index in [0.717, 1.165) is 39.3 Å². The zero-order chi connectivity index (χ0) is 25.4. The van der Waals surface area contributed by atoms with E-state index in [-0.39, 0.29) is 5.69 Å². The first-order valence-corrected chi connectivity index (χ1v) is 10.5. The molecule has 4 rings (SSSR count). The second-order valence-electron chi connectivity index (χ2n) is 7.48. The first-order valence-electron chi connectivity index (χ1n) is 10.5. The van der Waals surface area contributed by atoms with E-state index >= 15 is 0 Å². The Labute approximate surface area is 199 Å². The minimum atomic E-state index is -6.00. The van der Waals surface area contributed by atoms with Crippen LogP contribution in [-0.4, -0.2) is 12.2 Å². The number of hydrogen-bond acceptors (Lipinski definition) is 2. The molecular weight excluding hydrogens is 461 g/mol. The molecule has 1 heterocycles. The molecule has 1 aromatic heterocycles. The Bertz CT molecular complexity index is 1250. The van der Waals surface area contributed by atoms with Crippen molar-refractivity contribution < 1.29 is 26.6 Å². The normalized spacial score (nSPS) is 11.4. The van der Waals surface area contributed by atoms with Crippen molar-refractivity contribution in [3.8, 4) is 22.5 Å². The Hall–Kier alpha value is -4.27. The van der Waals surface area contributed by atoms with Gasteiger partial charge in [-0.1, -0.05) is 48.5 Å². The van der Waals surface area contributed by atoms with Crippen LogP contribution in [0.2, 0.25) is 0 Å². The molecule has 0 atom stereocenters. The summed E-state index contributed by atoms with van der Waals surface area (Å²) in [4.78, 5) is 10.5. The van der Waals surface area contributed by atoms with Gasteiger partial charge in [0, 0.05) is 17.7 Å². The highest BCUT2D eigenvalue weighted by atomic mass is 19.5. The molecule has 0 aliphatic rings. The fraction of sp³-hybridized carbons (Fsp3) is 0.0385. The molecule has 0 aliphatic carbocycles. The number of nitro benzene ring substituents is 1. The third kappa shape index (κ3) is 7.92. The average molecular weight is 481 g/mol. The lowest BCUT2D eigenvalue weighted by atomic mass is 10.0. The molecule has 0 unspecified atom stereocenters. The summed E-state index contributed by atoms with van der Waals surface area (Å²) in [7, 11) is -6.00. The summed E-state index contributed by atoms with van der Waals surface area (Å²) in [6.07, 6.45) is 1.96. The first-order chi connectivity index (χ1) is 16.6. The second-order valence-corrected chi connectivity index (χ2v) is 7.48.